The molecule has 2 atom stereocenters. The number of halogens is 1. The Labute approximate surface area is 62.0 Å². The van der Waals surface area contributed by atoms with Gasteiger partial charge in [-0.25, -0.2) is 4.39 Å². The molecule has 2 unspecified atom stereocenters. The van der Waals surface area contributed by atoms with Crippen LogP contribution < -0.4 is 5.32 Å². The summed E-state index contributed by atoms with van der Waals surface area (Å²) in [5.74, 6) is 0.858. The number of alkyl halides is 1. The van der Waals surface area contributed by atoms with Crippen LogP contribution in [0.25, 0.3) is 0 Å². The fourth-order valence-corrected chi connectivity index (χ4v) is 1.43. The second-order valence-corrected chi connectivity index (χ2v) is 3.03. The van der Waals surface area contributed by atoms with E-state index >= 15 is 0 Å². The zero-order valence-corrected chi connectivity index (χ0v) is 6.57. The maximum Gasteiger partial charge on any atom is 0.102 e. The van der Waals surface area contributed by atoms with Gasteiger partial charge in [0.15, 0.2) is 0 Å². The summed E-state index contributed by atoms with van der Waals surface area (Å²) in [5.41, 5.74) is 0. The summed E-state index contributed by atoms with van der Waals surface area (Å²) >= 11 is 0. The highest BCUT2D eigenvalue weighted by atomic mass is 19.1. The highest BCUT2D eigenvalue weighted by Gasteiger charge is 2.34. The van der Waals surface area contributed by atoms with Crippen molar-refractivity contribution < 1.29 is 4.39 Å². The van der Waals surface area contributed by atoms with Gasteiger partial charge in [0.1, 0.15) is 6.67 Å². The Kier molecular flexibility index (Phi) is 3.13. The van der Waals surface area contributed by atoms with Crippen LogP contribution in [0.1, 0.15) is 26.2 Å². The van der Waals surface area contributed by atoms with Crippen molar-refractivity contribution in [1.29, 1.82) is 0 Å². The molecule has 1 fully saturated rings. The number of hydrogen-bond acceptors (Lipinski definition) is 1. The van der Waals surface area contributed by atoms with Crippen molar-refractivity contribution in [3.05, 3.63) is 0 Å². The smallest absolute Gasteiger partial charge is 0.102 e. The number of rotatable bonds is 5. The summed E-state index contributed by atoms with van der Waals surface area (Å²) in [6.45, 7) is 2.52. The lowest BCUT2D eigenvalue weighted by Crippen LogP contribution is -2.20. The van der Waals surface area contributed by atoms with E-state index in [1.807, 2.05) is 0 Å². The molecular formula is C8H16FN. The summed E-state index contributed by atoms with van der Waals surface area (Å²) in [5, 5.41) is 3.17. The zero-order chi connectivity index (χ0) is 7.40. The lowest BCUT2D eigenvalue weighted by atomic mass is 10.2. The highest BCUT2D eigenvalue weighted by molar-refractivity contribution is 4.92. The minimum Gasteiger partial charge on any atom is -0.311 e. The van der Waals surface area contributed by atoms with Gasteiger partial charge in [0.05, 0.1) is 0 Å². The zero-order valence-electron chi connectivity index (χ0n) is 6.57. The summed E-state index contributed by atoms with van der Waals surface area (Å²) < 4.78 is 11.6. The number of nitrogens with one attached hydrogen (secondary N) is 1. The van der Waals surface area contributed by atoms with Crippen molar-refractivity contribution in [2.75, 3.05) is 13.2 Å². The Morgan fingerprint density at radius 2 is 2.40 bits per heavy atom. The van der Waals surface area contributed by atoms with Crippen molar-refractivity contribution in [3.8, 4) is 0 Å². The third kappa shape index (κ3) is 2.25. The summed E-state index contributed by atoms with van der Waals surface area (Å²) in [6.07, 6.45) is 3.84. The van der Waals surface area contributed by atoms with Crippen LogP contribution in [-0.4, -0.2) is 19.3 Å². The van der Waals surface area contributed by atoms with E-state index in [2.05, 4.69) is 12.2 Å². The van der Waals surface area contributed by atoms with E-state index in [1.165, 1.54) is 19.3 Å². The predicted octanol–water partition coefficient (Wildman–Crippen LogP) is 1.73. The molecule has 1 aliphatic rings. The van der Waals surface area contributed by atoms with Gasteiger partial charge in [-0.3, -0.25) is 0 Å². The SMILES string of the molecule is CCCC1CC1NCCF. The first-order valence-electron chi connectivity index (χ1n) is 4.17. The number of hydrogen-bond donors (Lipinski definition) is 1. The molecule has 1 saturated carbocycles. The van der Waals surface area contributed by atoms with Crippen LogP contribution >= 0.6 is 0 Å². The van der Waals surface area contributed by atoms with E-state index in [9.17, 15) is 4.39 Å². The van der Waals surface area contributed by atoms with Crippen LogP contribution in [0.2, 0.25) is 0 Å². The van der Waals surface area contributed by atoms with E-state index in [0.29, 0.717) is 12.6 Å². The molecule has 2 heteroatoms. The fraction of sp³-hybridized carbons (Fsp3) is 1.00. The van der Waals surface area contributed by atoms with Crippen molar-refractivity contribution >= 4 is 0 Å². The van der Waals surface area contributed by atoms with Gasteiger partial charge >= 0.3 is 0 Å². The second-order valence-electron chi connectivity index (χ2n) is 3.03. The molecule has 0 bridgehead atoms. The van der Waals surface area contributed by atoms with Gasteiger partial charge in [0.2, 0.25) is 0 Å². The first-order valence-corrected chi connectivity index (χ1v) is 4.17. The molecule has 1 rings (SSSR count). The predicted molar refractivity (Wildman–Crippen MR) is 40.8 cm³/mol. The van der Waals surface area contributed by atoms with Gasteiger partial charge in [-0.15, -0.1) is 0 Å². The molecule has 1 aliphatic carbocycles. The Bertz CT molecular complexity index is 95.3. The third-order valence-electron chi connectivity index (χ3n) is 2.08. The van der Waals surface area contributed by atoms with E-state index in [1.54, 1.807) is 0 Å². The van der Waals surface area contributed by atoms with Gasteiger partial charge in [-0.2, -0.15) is 0 Å². The minimum absolute atomic E-state index is 0.227. The molecule has 0 aliphatic heterocycles. The topological polar surface area (TPSA) is 12.0 Å². The average molecular weight is 145 g/mol. The molecule has 60 valence electrons. The van der Waals surface area contributed by atoms with E-state index < -0.39 is 0 Å². The Hall–Kier alpha value is -0.110. The molecule has 0 saturated heterocycles. The molecule has 0 amide bonds. The quantitative estimate of drug-likeness (QED) is 0.621. The third-order valence-corrected chi connectivity index (χ3v) is 2.08. The maximum absolute atomic E-state index is 11.6. The van der Waals surface area contributed by atoms with Crippen LogP contribution in [-0.2, 0) is 0 Å². The van der Waals surface area contributed by atoms with Crippen molar-refractivity contribution in [3.63, 3.8) is 0 Å². The summed E-state index contributed by atoms with van der Waals surface area (Å²) in [4.78, 5) is 0. The molecule has 0 aromatic heterocycles. The fourth-order valence-electron chi connectivity index (χ4n) is 1.43. The highest BCUT2D eigenvalue weighted by Crippen LogP contribution is 2.34. The normalized spacial score (nSPS) is 30.6. The van der Waals surface area contributed by atoms with Crippen molar-refractivity contribution in [2.45, 2.75) is 32.2 Å². The van der Waals surface area contributed by atoms with E-state index in [0.717, 1.165) is 5.92 Å². The largest absolute Gasteiger partial charge is 0.311 e. The van der Waals surface area contributed by atoms with E-state index in [-0.39, 0.29) is 6.67 Å². The Morgan fingerprint density at radius 1 is 1.60 bits per heavy atom. The van der Waals surface area contributed by atoms with Gasteiger partial charge in [0, 0.05) is 12.6 Å². The first kappa shape index (κ1) is 7.99. The average Bonchev–Trinajstić information content (AvgIpc) is 2.65. The van der Waals surface area contributed by atoms with Crippen LogP contribution in [0.5, 0.6) is 0 Å². The molecule has 0 heterocycles. The minimum atomic E-state index is -0.227. The lowest BCUT2D eigenvalue weighted by molar-refractivity contribution is 0.458. The van der Waals surface area contributed by atoms with E-state index in [4.69, 9.17) is 0 Å². The monoisotopic (exact) mass is 145 g/mol. The molecule has 0 spiro atoms. The molecule has 10 heavy (non-hydrogen) atoms. The molecule has 1 N–H and O–H groups in total. The molecule has 1 nitrogen and oxygen atoms in total. The Morgan fingerprint density at radius 3 is 3.00 bits per heavy atom. The lowest BCUT2D eigenvalue weighted by Gasteiger charge is -1.98. The van der Waals surface area contributed by atoms with Crippen molar-refractivity contribution in [2.24, 2.45) is 5.92 Å². The summed E-state index contributed by atoms with van der Waals surface area (Å²) in [6, 6.07) is 0.649. The molecule has 0 aromatic carbocycles. The van der Waals surface area contributed by atoms with Crippen molar-refractivity contribution in [1.82, 2.24) is 5.32 Å². The van der Waals surface area contributed by atoms with Gasteiger partial charge in [-0.05, 0) is 18.8 Å². The second kappa shape index (κ2) is 3.91. The van der Waals surface area contributed by atoms with Gasteiger partial charge < -0.3 is 5.32 Å². The van der Waals surface area contributed by atoms with Crippen LogP contribution in [0.4, 0.5) is 4.39 Å². The maximum atomic E-state index is 11.6. The van der Waals surface area contributed by atoms with Crippen LogP contribution in [0.3, 0.4) is 0 Å². The summed E-state index contributed by atoms with van der Waals surface area (Å²) in [7, 11) is 0. The molecule has 0 aromatic rings. The first-order chi connectivity index (χ1) is 4.88. The van der Waals surface area contributed by atoms with Gasteiger partial charge in [-0.1, -0.05) is 13.3 Å². The molecule has 0 radical (unpaired) electrons. The van der Waals surface area contributed by atoms with Crippen LogP contribution in [0, 0.1) is 5.92 Å². The molecular weight excluding hydrogens is 129 g/mol. The standard InChI is InChI=1S/C8H16FN/c1-2-3-7-6-8(7)10-5-4-9/h7-8,10H,2-6H2,1H3. The van der Waals surface area contributed by atoms with Gasteiger partial charge in [0.25, 0.3) is 0 Å². The van der Waals surface area contributed by atoms with Crippen LogP contribution in [0.15, 0.2) is 0 Å². The Balaban J connectivity index is 1.92.